The van der Waals surface area contributed by atoms with E-state index in [1.165, 1.54) is 17.7 Å². The lowest BCUT2D eigenvalue weighted by atomic mass is 9.95. The molecule has 1 aromatic heterocycles. The van der Waals surface area contributed by atoms with Crippen LogP contribution in [0.1, 0.15) is 64.8 Å². The Labute approximate surface area is 209 Å². The van der Waals surface area contributed by atoms with Gasteiger partial charge in [-0.15, -0.1) is 5.10 Å². The van der Waals surface area contributed by atoms with Gasteiger partial charge in [-0.25, -0.2) is 9.07 Å². The summed E-state index contributed by atoms with van der Waals surface area (Å²) in [5.74, 6) is -0.701. The molecule has 1 fully saturated rings. The van der Waals surface area contributed by atoms with Crippen LogP contribution in [-0.2, 0) is 22.7 Å². The molecule has 3 aromatic rings. The summed E-state index contributed by atoms with van der Waals surface area (Å²) in [7, 11) is 0. The summed E-state index contributed by atoms with van der Waals surface area (Å²) in [6.07, 6.45) is 1.01. The van der Waals surface area contributed by atoms with Gasteiger partial charge in [-0.3, -0.25) is 9.59 Å². The highest BCUT2D eigenvalue weighted by atomic mass is 19.1. The Balaban J connectivity index is 1.16. The van der Waals surface area contributed by atoms with Gasteiger partial charge in [-0.2, -0.15) is 0 Å². The van der Waals surface area contributed by atoms with Crippen LogP contribution in [0.25, 0.3) is 0 Å². The summed E-state index contributed by atoms with van der Waals surface area (Å²) >= 11 is 0. The molecule has 1 saturated heterocycles. The van der Waals surface area contributed by atoms with Crippen molar-refractivity contribution < 1.29 is 18.7 Å². The zero-order valence-electron chi connectivity index (χ0n) is 20.5. The number of carbonyl (C=O) groups is 2. The van der Waals surface area contributed by atoms with E-state index in [0.717, 1.165) is 11.1 Å². The highest BCUT2D eigenvalue weighted by molar-refractivity contribution is 5.93. The largest absolute Gasteiger partial charge is 0.365 e. The SMILES string of the molecule is Cc1ccc(C2Cn3nnc(C(=O)N4CCC(C(=O)NC(C)c5ccc(F)cc5)CC4)c3CO2)cc1. The van der Waals surface area contributed by atoms with Crippen LogP contribution in [0, 0.1) is 18.7 Å². The van der Waals surface area contributed by atoms with Crippen LogP contribution in [0.3, 0.4) is 0 Å². The number of halogens is 1. The molecule has 0 spiro atoms. The molecule has 0 saturated carbocycles. The number of hydrogen-bond donors (Lipinski definition) is 1. The maximum Gasteiger partial charge on any atom is 0.276 e. The Kier molecular flexibility index (Phi) is 6.82. The third-order valence-electron chi connectivity index (χ3n) is 7.13. The number of amides is 2. The van der Waals surface area contributed by atoms with Gasteiger partial charge in [0, 0.05) is 19.0 Å². The first-order valence-corrected chi connectivity index (χ1v) is 12.3. The van der Waals surface area contributed by atoms with Crippen molar-refractivity contribution in [2.45, 2.75) is 52.0 Å². The number of nitrogens with one attached hydrogen (secondary N) is 1. The maximum absolute atomic E-state index is 13.2. The van der Waals surface area contributed by atoms with Crippen LogP contribution >= 0.6 is 0 Å². The number of piperidine rings is 1. The van der Waals surface area contributed by atoms with Gasteiger partial charge in [0.25, 0.3) is 5.91 Å². The summed E-state index contributed by atoms with van der Waals surface area (Å²) < 4.78 is 21.0. The van der Waals surface area contributed by atoms with Crippen molar-refractivity contribution in [3.8, 4) is 0 Å². The van der Waals surface area contributed by atoms with Gasteiger partial charge in [0.15, 0.2) is 5.69 Å². The molecule has 2 aliphatic rings. The second kappa shape index (κ2) is 10.2. The summed E-state index contributed by atoms with van der Waals surface area (Å²) in [6, 6.07) is 14.1. The Morgan fingerprint density at radius 2 is 1.78 bits per heavy atom. The summed E-state index contributed by atoms with van der Waals surface area (Å²) in [6.45, 7) is 5.65. The van der Waals surface area contributed by atoms with Crippen molar-refractivity contribution in [2.24, 2.45) is 5.92 Å². The van der Waals surface area contributed by atoms with Crippen LogP contribution in [0.15, 0.2) is 48.5 Å². The fraction of sp³-hybridized carbons (Fsp3) is 0.407. The average Bonchev–Trinajstić information content (AvgIpc) is 3.32. The van der Waals surface area contributed by atoms with Crippen molar-refractivity contribution >= 4 is 11.8 Å². The lowest BCUT2D eigenvalue weighted by Gasteiger charge is -2.32. The first-order chi connectivity index (χ1) is 17.4. The van der Waals surface area contributed by atoms with E-state index < -0.39 is 0 Å². The molecule has 2 atom stereocenters. The monoisotopic (exact) mass is 491 g/mol. The summed E-state index contributed by atoms with van der Waals surface area (Å²) in [5.41, 5.74) is 4.12. The number of nitrogens with zero attached hydrogens (tertiary/aromatic N) is 4. The third kappa shape index (κ3) is 5.02. The van der Waals surface area contributed by atoms with Crippen molar-refractivity contribution in [1.29, 1.82) is 0 Å². The second-order valence-electron chi connectivity index (χ2n) is 9.63. The van der Waals surface area contributed by atoms with E-state index in [1.54, 1.807) is 21.7 Å². The van der Waals surface area contributed by atoms with Crippen LogP contribution < -0.4 is 5.32 Å². The fourth-order valence-electron chi connectivity index (χ4n) is 4.82. The minimum Gasteiger partial charge on any atom is -0.365 e. The second-order valence-corrected chi connectivity index (χ2v) is 9.63. The quantitative estimate of drug-likeness (QED) is 0.588. The lowest BCUT2D eigenvalue weighted by Crippen LogP contribution is -2.43. The van der Waals surface area contributed by atoms with Crippen LogP contribution in [0.2, 0.25) is 0 Å². The van der Waals surface area contributed by atoms with Gasteiger partial charge in [0.2, 0.25) is 5.91 Å². The van der Waals surface area contributed by atoms with E-state index in [0.29, 0.717) is 43.9 Å². The molecule has 8 nitrogen and oxygen atoms in total. The van der Waals surface area contributed by atoms with Crippen LogP contribution in [-0.4, -0.2) is 44.8 Å². The van der Waals surface area contributed by atoms with Crippen molar-refractivity contribution in [1.82, 2.24) is 25.2 Å². The van der Waals surface area contributed by atoms with Gasteiger partial charge in [0.1, 0.15) is 11.9 Å². The number of likely N-dealkylation sites (tertiary alicyclic amines) is 1. The van der Waals surface area contributed by atoms with Crippen LogP contribution in [0.4, 0.5) is 4.39 Å². The van der Waals surface area contributed by atoms with E-state index in [-0.39, 0.29) is 42.3 Å². The zero-order chi connectivity index (χ0) is 25.2. The van der Waals surface area contributed by atoms with Crippen molar-refractivity contribution in [3.63, 3.8) is 0 Å². The summed E-state index contributed by atoms with van der Waals surface area (Å²) in [5, 5.41) is 11.4. The minimum absolute atomic E-state index is 0.0458. The Hall–Kier alpha value is -3.59. The standard InChI is InChI=1S/C27H30FN5O3/c1-17-3-5-20(6-4-17)24-15-33-23(16-36-24)25(30-31-33)27(35)32-13-11-21(12-14-32)26(34)29-18(2)19-7-9-22(28)10-8-19/h3-10,18,21,24H,11-16H2,1-2H3,(H,29,34). The number of benzene rings is 2. The predicted octanol–water partition coefficient (Wildman–Crippen LogP) is 3.73. The molecule has 1 N–H and O–H groups in total. The molecule has 5 rings (SSSR count). The van der Waals surface area contributed by atoms with E-state index >= 15 is 0 Å². The maximum atomic E-state index is 13.2. The highest BCUT2D eigenvalue weighted by Gasteiger charge is 2.33. The minimum atomic E-state index is -0.304. The third-order valence-corrected chi connectivity index (χ3v) is 7.13. The topological polar surface area (TPSA) is 89.4 Å². The number of aromatic nitrogens is 3. The number of ether oxygens (including phenoxy) is 1. The van der Waals surface area contributed by atoms with E-state index in [9.17, 15) is 14.0 Å². The molecule has 3 heterocycles. The van der Waals surface area contributed by atoms with Crippen molar-refractivity contribution in [2.75, 3.05) is 13.1 Å². The molecular weight excluding hydrogens is 461 g/mol. The van der Waals surface area contributed by atoms with E-state index in [2.05, 4.69) is 39.9 Å². The lowest BCUT2D eigenvalue weighted by molar-refractivity contribution is -0.127. The smallest absolute Gasteiger partial charge is 0.276 e. The number of fused-ring (bicyclic) bond motifs is 1. The molecule has 9 heteroatoms. The molecule has 2 aromatic carbocycles. The molecule has 2 amide bonds. The first kappa shape index (κ1) is 24.1. The Bertz CT molecular complexity index is 1230. The zero-order valence-corrected chi connectivity index (χ0v) is 20.5. The fourth-order valence-corrected chi connectivity index (χ4v) is 4.82. The number of aryl methyl sites for hydroxylation is 1. The van der Waals surface area contributed by atoms with Gasteiger partial charge in [-0.1, -0.05) is 47.2 Å². The Morgan fingerprint density at radius 3 is 2.47 bits per heavy atom. The first-order valence-electron chi connectivity index (χ1n) is 12.3. The normalized spacial score (nSPS) is 19.0. The molecule has 188 valence electrons. The number of hydrogen-bond acceptors (Lipinski definition) is 5. The molecule has 0 aliphatic carbocycles. The predicted molar refractivity (Wildman–Crippen MR) is 130 cm³/mol. The average molecular weight is 492 g/mol. The highest BCUT2D eigenvalue weighted by Crippen LogP contribution is 2.28. The molecule has 2 unspecified atom stereocenters. The molecule has 36 heavy (non-hydrogen) atoms. The Morgan fingerprint density at radius 1 is 1.08 bits per heavy atom. The molecule has 2 aliphatic heterocycles. The molecule has 0 radical (unpaired) electrons. The number of rotatable bonds is 5. The van der Waals surface area contributed by atoms with Gasteiger partial charge < -0.3 is 15.0 Å². The van der Waals surface area contributed by atoms with E-state index in [4.69, 9.17) is 4.74 Å². The van der Waals surface area contributed by atoms with Gasteiger partial charge in [-0.05, 0) is 49.9 Å². The van der Waals surface area contributed by atoms with Crippen LogP contribution in [0.5, 0.6) is 0 Å². The van der Waals surface area contributed by atoms with Gasteiger partial charge in [0.05, 0.1) is 24.9 Å². The van der Waals surface area contributed by atoms with E-state index in [1.807, 2.05) is 13.8 Å². The molecular formula is C27H30FN5O3. The molecule has 0 bridgehead atoms. The number of carbonyl (C=O) groups excluding carboxylic acids is 2. The van der Waals surface area contributed by atoms with Gasteiger partial charge >= 0.3 is 0 Å². The van der Waals surface area contributed by atoms with Crippen molar-refractivity contribution in [3.05, 3.63) is 82.4 Å². The summed E-state index contributed by atoms with van der Waals surface area (Å²) in [4.78, 5) is 27.7.